The summed E-state index contributed by atoms with van der Waals surface area (Å²) in [7, 11) is 0. The van der Waals surface area contributed by atoms with Crippen LogP contribution in [0.3, 0.4) is 0 Å². The fraction of sp³-hybridized carbons (Fsp3) is 0.933. The van der Waals surface area contributed by atoms with Gasteiger partial charge >= 0.3 is 0 Å². The lowest BCUT2D eigenvalue weighted by molar-refractivity contribution is -0.126. The van der Waals surface area contributed by atoms with E-state index in [-0.39, 0.29) is 11.8 Å². The normalized spacial score (nSPS) is 20.4. The lowest BCUT2D eigenvalue weighted by atomic mass is 9.82. The Labute approximate surface area is 112 Å². The number of hydrogen-bond acceptors (Lipinski definition) is 2. The van der Waals surface area contributed by atoms with Gasteiger partial charge in [-0.25, -0.2) is 0 Å². The molecule has 0 bridgehead atoms. The van der Waals surface area contributed by atoms with Gasteiger partial charge in [0.15, 0.2) is 0 Å². The van der Waals surface area contributed by atoms with Gasteiger partial charge in [0, 0.05) is 12.6 Å². The summed E-state index contributed by atoms with van der Waals surface area (Å²) in [6, 6.07) is 0.365. The minimum Gasteiger partial charge on any atom is -0.353 e. The number of carbonyl (C=O) groups is 1. The highest BCUT2D eigenvalue weighted by Gasteiger charge is 2.25. The molecule has 18 heavy (non-hydrogen) atoms. The third kappa shape index (κ3) is 4.60. The monoisotopic (exact) mass is 254 g/mol. The van der Waals surface area contributed by atoms with Crippen LogP contribution in [0.5, 0.6) is 0 Å². The second-order valence-corrected chi connectivity index (χ2v) is 5.64. The van der Waals surface area contributed by atoms with Crippen molar-refractivity contribution >= 4 is 5.91 Å². The largest absolute Gasteiger partial charge is 0.353 e. The molecule has 1 amide bonds. The van der Waals surface area contributed by atoms with Gasteiger partial charge in [0.25, 0.3) is 0 Å². The van der Waals surface area contributed by atoms with E-state index >= 15 is 0 Å². The van der Waals surface area contributed by atoms with Crippen LogP contribution in [0.2, 0.25) is 0 Å². The van der Waals surface area contributed by atoms with Gasteiger partial charge in [-0.2, -0.15) is 0 Å². The van der Waals surface area contributed by atoms with Gasteiger partial charge in [0.2, 0.25) is 5.91 Å². The molecule has 1 rings (SSSR count). The van der Waals surface area contributed by atoms with Crippen LogP contribution in [-0.2, 0) is 4.79 Å². The lowest BCUT2D eigenvalue weighted by Crippen LogP contribution is -2.45. The molecule has 106 valence electrons. The summed E-state index contributed by atoms with van der Waals surface area (Å²) in [5, 5.41) is 3.25. The summed E-state index contributed by atoms with van der Waals surface area (Å²) < 4.78 is 0. The summed E-state index contributed by atoms with van der Waals surface area (Å²) in [4.78, 5) is 12.2. The summed E-state index contributed by atoms with van der Waals surface area (Å²) in [6.45, 7) is 4.76. The minimum atomic E-state index is 0.00707. The predicted molar refractivity (Wildman–Crippen MR) is 76.2 cm³/mol. The Morgan fingerprint density at radius 3 is 2.44 bits per heavy atom. The smallest absolute Gasteiger partial charge is 0.224 e. The van der Waals surface area contributed by atoms with Gasteiger partial charge < -0.3 is 11.1 Å². The van der Waals surface area contributed by atoms with Gasteiger partial charge in [-0.3, -0.25) is 4.79 Å². The van der Waals surface area contributed by atoms with Gasteiger partial charge in [-0.15, -0.1) is 0 Å². The molecule has 2 unspecified atom stereocenters. The molecule has 0 spiro atoms. The molecular formula is C15H30N2O. The standard InChI is InChI=1S/C15H30N2O/c1-3-8-13(11-16)15(18)17-14(4-2)12-9-6-5-7-10-12/h12-14H,3-11,16H2,1-2H3,(H,17,18). The highest BCUT2D eigenvalue weighted by Crippen LogP contribution is 2.27. The summed E-state index contributed by atoms with van der Waals surface area (Å²) in [5.74, 6) is 0.872. The molecule has 0 saturated heterocycles. The van der Waals surface area contributed by atoms with Crippen LogP contribution in [0, 0.1) is 11.8 Å². The molecule has 1 saturated carbocycles. The maximum absolute atomic E-state index is 12.2. The van der Waals surface area contributed by atoms with Crippen LogP contribution in [0.1, 0.15) is 65.2 Å². The molecule has 1 aliphatic carbocycles. The first-order valence-electron chi connectivity index (χ1n) is 7.73. The Kier molecular flexibility index (Phi) is 7.33. The first-order valence-corrected chi connectivity index (χ1v) is 7.73. The fourth-order valence-electron chi connectivity index (χ4n) is 3.09. The SMILES string of the molecule is CCCC(CN)C(=O)NC(CC)C1CCCCC1. The zero-order chi connectivity index (χ0) is 13.4. The van der Waals surface area contributed by atoms with E-state index in [4.69, 9.17) is 5.73 Å². The summed E-state index contributed by atoms with van der Waals surface area (Å²) >= 11 is 0. The van der Waals surface area contributed by atoms with E-state index in [2.05, 4.69) is 19.2 Å². The molecular weight excluding hydrogens is 224 g/mol. The summed E-state index contributed by atoms with van der Waals surface area (Å²) in [6.07, 6.45) is 9.54. The second kappa shape index (κ2) is 8.52. The molecule has 3 nitrogen and oxygen atoms in total. The molecule has 0 aromatic carbocycles. The number of rotatable bonds is 7. The van der Waals surface area contributed by atoms with Crippen molar-refractivity contribution in [3.63, 3.8) is 0 Å². The third-order valence-corrected chi connectivity index (χ3v) is 4.28. The molecule has 1 fully saturated rings. The quantitative estimate of drug-likeness (QED) is 0.734. The molecule has 0 heterocycles. The Morgan fingerprint density at radius 2 is 1.94 bits per heavy atom. The van der Waals surface area contributed by atoms with Crippen LogP contribution in [-0.4, -0.2) is 18.5 Å². The van der Waals surface area contributed by atoms with Crippen molar-refractivity contribution < 1.29 is 4.79 Å². The number of nitrogens with two attached hydrogens (primary N) is 1. The van der Waals surface area contributed by atoms with E-state index in [0.29, 0.717) is 18.5 Å². The Morgan fingerprint density at radius 1 is 1.28 bits per heavy atom. The third-order valence-electron chi connectivity index (χ3n) is 4.28. The zero-order valence-corrected chi connectivity index (χ0v) is 12.1. The number of hydrogen-bond donors (Lipinski definition) is 2. The van der Waals surface area contributed by atoms with Crippen molar-refractivity contribution in [2.45, 2.75) is 71.3 Å². The average molecular weight is 254 g/mol. The molecule has 2 atom stereocenters. The van der Waals surface area contributed by atoms with Crippen LogP contribution in [0.4, 0.5) is 0 Å². The van der Waals surface area contributed by atoms with Gasteiger partial charge in [-0.05, 0) is 31.6 Å². The maximum Gasteiger partial charge on any atom is 0.224 e. The number of carbonyl (C=O) groups excluding carboxylic acids is 1. The molecule has 1 aliphatic rings. The fourth-order valence-corrected chi connectivity index (χ4v) is 3.09. The van der Waals surface area contributed by atoms with Crippen molar-refractivity contribution in [2.24, 2.45) is 17.6 Å². The number of nitrogens with one attached hydrogen (secondary N) is 1. The van der Waals surface area contributed by atoms with Gasteiger partial charge in [-0.1, -0.05) is 39.5 Å². The Hall–Kier alpha value is -0.570. The van der Waals surface area contributed by atoms with E-state index in [1.165, 1.54) is 32.1 Å². The van der Waals surface area contributed by atoms with E-state index < -0.39 is 0 Å². The van der Waals surface area contributed by atoms with Gasteiger partial charge in [0.05, 0.1) is 5.92 Å². The first kappa shape index (κ1) is 15.5. The van der Waals surface area contributed by atoms with Crippen molar-refractivity contribution in [2.75, 3.05) is 6.54 Å². The molecule has 0 aliphatic heterocycles. The molecule has 3 heteroatoms. The van der Waals surface area contributed by atoms with E-state index in [9.17, 15) is 4.79 Å². The van der Waals surface area contributed by atoms with Crippen LogP contribution >= 0.6 is 0 Å². The van der Waals surface area contributed by atoms with Crippen molar-refractivity contribution in [1.82, 2.24) is 5.32 Å². The zero-order valence-electron chi connectivity index (χ0n) is 12.1. The highest BCUT2D eigenvalue weighted by atomic mass is 16.1. The molecule has 0 aromatic heterocycles. The number of amides is 1. The second-order valence-electron chi connectivity index (χ2n) is 5.64. The van der Waals surface area contributed by atoms with Crippen LogP contribution in [0.25, 0.3) is 0 Å². The van der Waals surface area contributed by atoms with E-state index in [1.807, 2.05) is 0 Å². The van der Waals surface area contributed by atoms with Crippen molar-refractivity contribution in [3.05, 3.63) is 0 Å². The lowest BCUT2D eigenvalue weighted by Gasteiger charge is -2.31. The first-order chi connectivity index (χ1) is 8.72. The van der Waals surface area contributed by atoms with Gasteiger partial charge in [0.1, 0.15) is 0 Å². The Balaban J connectivity index is 2.47. The maximum atomic E-state index is 12.2. The highest BCUT2D eigenvalue weighted by molar-refractivity contribution is 5.79. The van der Waals surface area contributed by atoms with Crippen LogP contribution < -0.4 is 11.1 Å². The minimum absolute atomic E-state index is 0.00707. The molecule has 3 N–H and O–H groups in total. The molecule has 0 radical (unpaired) electrons. The van der Waals surface area contributed by atoms with Crippen molar-refractivity contribution in [1.29, 1.82) is 0 Å². The average Bonchev–Trinajstić information content (AvgIpc) is 2.42. The Bertz CT molecular complexity index is 237. The van der Waals surface area contributed by atoms with E-state index in [1.54, 1.807) is 0 Å². The van der Waals surface area contributed by atoms with Crippen molar-refractivity contribution in [3.8, 4) is 0 Å². The summed E-state index contributed by atoms with van der Waals surface area (Å²) in [5.41, 5.74) is 5.69. The predicted octanol–water partition coefficient (Wildman–Crippen LogP) is 2.84. The topological polar surface area (TPSA) is 55.1 Å². The van der Waals surface area contributed by atoms with E-state index in [0.717, 1.165) is 19.3 Å². The molecule has 0 aromatic rings. The van der Waals surface area contributed by atoms with Crippen LogP contribution in [0.15, 0.2) is 0 Å².